The minimum Gasteiger partial charge on any atom is -0.466 e. The molecular weight excluding hydrogens is 540 g/mol. The molecule has 10 heteroatoms. The molecule has 1 N–H and O–H groups in total. The minimum absolute atomic E-state index is 0.0802. The third kappa shape index (κ3) is 9.84. The van der Waals surface area contributed by atoms with Gasteiger partial charge in [0.15, 0.2) is 9.74 Å². The summed E-state index contributed by atoms with van der Waals surface area (Å²) in [4.78, 5) is 32.3. The summed E-state index contributed by atoms with van der Waals surface area (Å²) in [5.41, 5.74) is 4.32. The molecule has 4 heterocycles. The van der Waals surface area contributed by atoms with Crippen LogP contribution in [0.25, 0.3) is 5.57 Å². The molecule has 0 amide bonds. The van der Waals surface area contributed by atoms with Gasteiger partial charge in [0.1, 0.15) is 0 Å². The molecule has 38 heavy (non-hydrogen) atoms. The van der Waals surface area contributed by atoms with Gasteiger partial charge in [-0.1, -0.05) is 18.2 Å². The monoisotopic (exact) mass is 582 g/mol. The number of aromatic nitrogens is 1. The summed E-state index contributed by atoms with van der Waals surface area (Å²) in [6, 6.07) is 1.51. The van der Waals surface area contributed by atoms with Gasteiger partial charge in [0, 0.05) is 48.7 Å². The molecule has 0 unspecified atom stereocenters. The zero-order valence-electron chi connectivity index (χ0n) is 23.8. The maximum absolute atomic E-state index is 11.2. The third-order valence-corrected chi connectivity index (χ3v) is 8.78. The molecule has 3 aliphatic heterocycles. The van der Waals surface area contributed by atoms with Crippen LogP contribution in [0.5, 0.6) is 0 Å². The smallest absolute Gasteiger partial charge is 0.333 e. The highest BCUT2D eigenvalue weighted by molar-refractivity contribution is 7.73. The lowest BCUT2D eigenvalue weighted by Gasteiger charge is -2.28. The molecule has 0 spiro atoms. The van der Waals surface area contributed by atoms with Gasteiger partial charge in [0.2, 0.25) is 0 Å². The van der Waals surface area contributed by atoms with Crippen LogP contribution in [0.4, 0.5) is 0 Å². The lowest BCUT2D eigenvalue weighted by molar-refractivity contribution is -0.136. The van der Waals surface area contributed by atoms with E-state index in [0.717, 1.165) is 54.0 Å². The Kier molecular flexibility index (Phi) is 13.6. The number of halogens is 1. The fraction of sp³-hybridized carbons (Fsp3) is 0.607. The number of alkyl halides is 1. The molecule has 7 nitrogen and oxygen atoms in total. The molecule has 3 aliphatic rings. The van der Waals surface area contributed by atoms with Crippen LogP contribution in [0.15, 0.2) is 34.8 Å². The lowest BCUT2D eigenvalue weighted by Crippen LogP contribution is -2.34. The molecule has 0 aromatic carbocycles. The molecule has 3 atom stereocenters. The number of aromatic amines is 1. The van der Waals surface area contributed by atoms with Crippen molar-refractivity contribution in [2.45, 2.75) is 58.2 Å². The number of carbonyl (C=O) groups is 2. The summed E-state index contributed by atoms with van der Waals surface area (Å²) in [5.74, 6) is 0.00833. The van der Waals surface area contributed by atoms with Crippen molar-refractivity contribution >= 4 is 52.5 Å². The van der Waals surface area contributed by atoms with Crippen LogP contribution < -0.4 is 0 Å². The molecule has 0 saturated heterocycles. The topological polar surface area (TPSA) is 68.9 Å². The summed E-state index contributed by atoms with van der Waals surface area (Å²) < 4.78 is 5.52. The van der Waals surface area contributed by atoms with E-state index in [2.05, 4.69) is 77.8 Å². The van der Waals surface area contributed by atoms with Crippen LogP contribution >= 0.6 is 35.2 Å². The third-order valence-electron chi connectivity index (χ3n) is 7.47. The summed E-state index contributed by atoms with van der Waals surface area (Å²) in [5, 5.41) is 2.12. The normalized spacial score (nSPS) is 24.5. The Hall–Kier alpha value is -1.62. The number of hydrogen-bond donors (Lipinski definition) is 1. The van der Waals surface area contributed by atoms with Gasteiger partial charge in [-0.15, -0.1) is 22.9 Å². The molecular formula is C28H43ClN4O3S2. The first-order valence-corrected chi connectivity index (χ1v) is 14.8. The molecule has 0 aliphatic carbocycles. The molecule has 4 rings (SSSR count). The number of methoxy groups -OCH3 is 1. The predicted molar refractivity (Wildman–Crippen MR) is 162 cm³/mol. The van der Waals surface area contributed by atoms with Gasteiger partial charge in [-0.2, -0.15) is 0 Å². The fourth-order valence-corrected chi connectivity index (χ4v) is 5.27. The summed E-state index contributed by atoms with van der Waals surface area (Å²) in [6.45, 7) is 9.22. The van der Waals surface area contributed by atoms with Gasteiger partial charge in [0.25, 0.3) is 0 Å². The van der Waals surface area contributed by atoms with Crippen LogP contribution in [-0.2, 0) is 14.3 Å². The first kappa shape index (κ1) is 32.6. The van der Waals surface area contributed by atoms with E-state index in [1.165, 1.54) is 18.4 Å². The second-order valence-electron chi connectivity index (χ2n) is 10.3. The van der Waals surface area contributed by atoms with Gasteiger partial charge in [-0.25, -0.2) is 4.79 Å². The largest absolute Gasteiger partial charge is 0.466 e. The number of ether oxygens (including phenoxy) is 1. The quantitative estimate of drug-likeness (QED) is 0.298. The van der Waals surface area contributed by atoms with E-state index >= 15 is 0 Å². The summed E-state index contributed by atoms with van der Waals surface area (Å²) >= 11 is 12.2. The molecule has 0 saturated carbocycles. The Morgan fingerprint density at radius 2 is 1.45 bits per heavy atom. The van der Waals surface area contributed by atoms with Crippen molar-refractivity contribution in [3.05, 3.63) is 44.4 Å². The maximum Gasteiger partial charge on any atom is 0.333 e. The van der Waals surface area contributed by atoms with E-state index in [-0.39, 0.29) is 17.6 Å². The first-order valence-electron chi connectivity index (χ1n) is 13.0. The molecule has 0 bridgehead atoms. The van der Waals surface area contributed by atoms with Crippen molar-refractivity contribution in [3.8, 4) is 0 Å². The standard InChI is InChI=1S/C10H14N2S2.C9H14ClNO.C9H15NO2/c1-7-5-8(3-4-12(7)2)9-6-14-10(13)11-9;1-7-5-8(9(12)6-10)3-4-11(7)2;1-7-6-8(9(11)12-3)4-5-10(7)2/h3,6-7H,4-5H2,1-2H3,(H,11,13);3,7H,4-6H2,1-2H3;4,7H,5-6H2,1-3H3/t3*7-/m111/s1. The first-order chi connectivity index (χ1) is 18.0. The number of rotatable bonds is 4. The van der Waals surface area contributed by atoms with Gasteiger partial charge >= 0.3 is 5.97 Å². The van der Waals surface area contributed by atoms with Crippen molar-refractivity contribution < 1.29 is 14.3 Å². The number of esters is 1. The molecule has 0 radical (unpaired) electrons. The van der Waals surface area contributed by atoms with Crippen LogP contribution in [-0.4, -0.2) is 103 Å². The highest BCUT2D eigenvalue weighted by Gasteiger charge is 2.21. The lowest BCUT2D eigenvalue weighted by atomic mass is 9.99. The van der Waals surface area contributed by atoms with Crippen LogP contribution in [0.3, 0.4) is 0 Å². The zero-order valence-corrected chi connectivity index (χ0v) is 26.1. The number of carbonyl (C=O) groups excluding carboxylic acids is 2. The predicted octanol–water partition coefficient (Wildman–Crippen LogP) is 5.17. The Balaban J connectivity index is 0.000000201. The highest BCUT2D eigenvalue weighted by Crippen LogP contribution is 2.25. The number of Topliss-reactive ketones (excluding diaryl/α,β-unsaturated/α-hetero) is 1. The average molecular weight is 583 g/mol. The van der Waals surface area contributed by atoms with Crippen molar-refractivity contribution in [3.63, 3.8) is 0 Å². The van der Waals surface area contributed by atoms with Gasteiger partial charge in [-0.3, -0.25) is 19.5 Å². The van der Waals surface area contributed by atoms with Gasteiger partial charge < -0.3 is 9.72 Å². The number of likely N-dealkylation sites (N-methyl/N-ethyl adjacent to an activating group) is 3. The van der Waals surface area contributed by atoms with Crippen LogP contribution in [0.2, 0.25) is 0 Å². The Labute approximate surface area is 242 Å². The van der Waals surface area contributed by atoms with E-state index in [9.17, 15) is 9.59 Å². The van der Waals surface area contributed by atoms with Crippen molar-refractivity contribution in [1.29, 1.82) is 0 Å². The number of H-pyrrole nitrogens is 1. The fourth-order valence-electron chi connectivity index (χ4n) is 4.24. The Bertz CT molecular complexity index is 1050. The zero-order chi connectivity index (χ0) is 28.4. The second-order valence-corrected chi connectivity index (χ2v) is 12.1. The number of thiazole rings is 1. The summed E-state index contributed by atoms with van der Waals surface area (Å²) in [7, 11) is 7.69. The maximum atomic E-state index is 11.2. The number of hydrogen-bond acceptors (Lipinski definition) is 8. The highest BCUT2D eigenvalue weighted by atomic mass is 35.5. The molecule has 1 aromatic rings. The van der Waals surface area contributed by atoms with Gasteiger partial charge in [-0.05, 0) is 84.5 Å². The molecule has 212 valence electrons. The van der Waals surface area contributed by atoms with Gasteiger partial charge in [0.05, 0.1) is 18.7 Å². The minimum atomic E-state index is -0.185. The number of nitrogens with zero attached hydrogens (tertiary/aromatic N) is 3. The van der Waals surface area contributed by atoms with Crippen molar-refractivity contribution in [1.82, 2.24) is 19.7 Å². The van der Waals surface area contributed by atoms with E-state index < -0.39 is 0 Å². The van der Waals surface area contributed by atoms with Crippen molar-refractivity contribution in [2.75, 3.05) is 53.8 Å². The molecule has 1 aromatic heterocycles. The number of ketones is 1. The van der Waals surface area contributed by atoms with E-state index in [1.54, 1.807) is 11.3 Å². The number of nitrogens with one attached hydrogen (secondary N) is 1. The van der Waals surface area contributed by atoms with E-state index in [1.807, 2.05) is 12.2 Å². The van der Waals surface area contributed by atoms with Crippen LogP contribution in [0, 0.1) is 3.95 Å². The van der Waals surface area contributed by atoms with Crippen molar-refractivity contribution in [2.24, 2.45) is 0 Å². The average Bonchev–Trinajstić information content (AvgIpc) is 3.35. The van der Waals surface area contributed by atoms with E-state index in [4.69, 9.17) is 23.8 Å². The molecule has 0 fully saturated rings. The Morgan fingerprint density at radius 3 is 1.89 bits per heavy atom. The Morgan fingerprint density at radius 1 is 0.947 bits per heavy atom. The summed E-state index contributed by atoms with van der Waals surface area (Å²) in [6.07, 6.45) is 8.94. The van der Waals surface area contributed by atoms with Crippen LogP contribution in [0.1, 0.15) is 45.7 Å². The second kappa shape index (κ2) is 15.8. The van der Waals surface area contributed by atoms with E-state index in [0.29, 0.717) is 18.1 Å². The SMILES string of the molecule is COC(=O)C1=CCN(C)[C@H](C)C1.C[C@@H]1CC(C(=O)CCl)=CCN1C.C[C@@H]1CC(c2csc(=S)[nH]2)=CCN1C.